The van der Waals surface area contributed by atoms with E-state index in [4.69, 9.17) is 4.84 Å². The zero-order valence-corrected chi connectivity index (χ0v) is 7.44. The number of rotatable bonds is 3. The van der Waals surface area contributed by atoms with Gasteiger partial charge in [-0.1, -0.05) is 30.3 Å². The fraction of sp³-hybridized carbons (Fsp3) is 0. The molecule has 0 aliphatic carbocycles. The van der Waals surface area contributed by atoms with Crippen molar-refractivity contribution in [2.24, 2.45) is 0 Å². The lowest BCUT2D eigenvalue weighted by atomic mass is 10.1. The number of amides is 1. The monoisotopic (exact) mass is 187 g/mol. The maximum Gasteiger partial charge on any atom is 0.239 e. The van der Waals surface area contributed by atoms with Crippen molar-refractivity contribution in [3.8, 4) is 5.75 Å². The normalized spacial score (nSPS) is 9.71. The Morgan fingerprint density at radius 3 is 2.64 bits per heavy atom. The van der Waals surface area contributed by atoms with Gasteiger partial charge in [0.2, 0.25) is 6.41 Å². The zero-order valence-electron chi connectivity index (χ0n) is 7.44. The molecule has 2 aromatic carbocycles. The van der Waals surface area contributed by atoms with Crippen LogP contribution in [0.5, 0.6) is 5.75 Å². The van der Waals surface area contributed by atoms with Crippen molar-refractivity contribution in [1.82, 2.24) is 5.48 Å². The maximum absolute atomic E-state index is 10.0. The predicted octanol–water partition coefficient (Wildman–Crippen LogP) is 1.88. The lowest BCUT2D eigenvalue weighted by Gasteiger charge is -2.03. The summed E-state index contributed by atoms with van der Waals surface area (Å²) in [5.74, 6) is 0.621. The first kappa shape index (κ1) is 8.56. The molecule has 0 aliphatic heterocycles. The highest BCUT2D eigenvalue weighted by Crippen LogP contribution is 2.19. The molecule has 0 saturated heterocycles. The van der Waals surface area contributed by atoms with E-state index in [1.807, 2.05) is 36.4 Å². The van der Waals surface area contributed by atoms with Crippen LogP contribution in [0.3, 0.4) is 0 Å². The molecule has 0 unspecified atom stereocenters. The Morgan fingerprint density at radius 1 is 1.07 bits per heavy atom. The molecular weight excluding hydrogens is 178 g/mol. The van der Waals surface area contributed by atoms with Gasteiger partial charge in [-0.05, 0) is 22.9 Å². The summed E-state index contributed by atoms with van der Waals surface area (Å²) >= 11 is 0. The van der Waals surface area contributed by atoms with Gasteiger partial charge in [0.25, 0.3) is 0 Å². The van der Waals surface area contributed by atoms with Gasteiger partial charge in [0.15, 0.2) is 5.75 Å². The van der Waals surface area contributed by atoms with Crippen molar-refractivity contribution in [2.75, 3.05) is 0 Å². The highest BCUT2D eigenvalue weighted by Gasteiger charge is 1.95. The fourth-order valence-corrected chi connectivity index (χ4v) is 1.32. The van der Waals surface area contributed by atoms with Crippen LogP contribution in [0.2, 0.25) is 0 Å². The van der Waals surface area contributed by atoms with Crippen LogP contribution in [0, 0.1) is 0 Å². The number of benzene rings is 2. The number of carbonyl (C=O) groups is 1. The summed E-state index contributed by atoms with van der Waals surface area (Å²) in [4.78, 5) is 15.0. The minimum Gasteiger partial charge on any atom is -0.380 e. The largest absolute Gasteiger partial charge is 0.380 e. The molecule has 0 fully saturated rings. The lowest BCUT2D eigenvalue weighted by Crippen LogP contribution is -2.15. The number of hydrogen-bond donors (Lipinski definition) is 1. The van der Waals surface area contributed by atoms with Crippen molar-refractivity contribution in [1.29, 1.82) is 0 Å². The van der Waals surface area contributed by atoms with Crippen LogP contribution < -0.4 is 10.3 Å². The van der Waals surface area contributed by atoms with Gasteiger partial charge in [-0.2, -0.15) is 5.48 Å². The van der Waals surface area contributed by atoms with Gasteiger partial charge in [0.1, 0.15) is 0 Å². The summed E-state index contributed by atoms with van der Waals surface area (Å²) in [6.45, 7) is 0. The van der Waals surface area contributed by atoms with E-state index >= 15 is 0 Å². The third-order valence-corrected chi connectivity index (χ3v) is 1.95. The minimum absolute atomic E-state index is 0.495. The molecular formula is C11H9NO2. The first-order valence-electron chi connectivity index (χ1n) is 4.25. The average Bonchev–Trinajstić information content (AvgIpc) is 2.26. The molecule has 1 N–H and O–H groups in total. The standard InChI is InChI=1S/C11H9NO2/c13-8-12-14-11-6-5-9-3-1-2-4-10(9)7-11/h1-8H,(H,12,13). The molecule has 0 aliphatic rings. The van der Waals surface area contributed by atoms with E-state index in [-0.39, 0.29) is 0 Å². The Bertz CT molecular complexity index is 454. The van der Waals surface area contributed by atoms with E-state index in [9.17, 15) is 4.79 Å². The van der Waals surface area contributed by atoms with Crippen LogP contribution in [-0.4, -0.2) is 6.41 Å². The molecule has 0 bridgehead atoms. The summed E-state index contributed by atoms with van der Waals surface area (Å²) in [5.41, 5.74) is 2.15. The van der Waals surface area contributed by atoms with Gasteiger partial charge in [-0.3, -0.25) is 4.79 Å². The van der Waals surface area contributed by atoms with Crippen molar-refractivity contribution in [3.63, 3.8) is 0 Å². The molecule has 0 radical (unpaired) electrons. The van der Waals surface area contributed by atoms with Crippen LogP contribution in [0.4, 0.5) is 0 Å². The molecule has 0 heterocycles. The second kappa shape index (κ2) is 3.79. The number of carbonyl (C=O) groups excluding carboxylic acids is 1. The van der Waals surface area contributed by atoms with Crippen molar-refractivity contribution >= 4 is 17.2 Å². The summed E-state index contributed by atoms with van der Waals surface area (Å²) in [5, 5.41) is 2.23. The van der Waals surface area contributed by atoms with E-state index in [0.717, 1.165) is 10.8 Å². The predicted molar refractivity (Wildman–Crippen MR) is 53.8 cm³/mol. The van der Waals surface area contributed by atoms with E-state index in [0.29, 0.717) is 12.2 Å². The van der Waals surface area contributed by atoms with Crippen LogP contribution in [0.25, 0.3) is 10.8 Å². The molecule has 14 heavy (non-hydrogen) atoms. The summed E-state index contributed by atoms with van der Waals surface area (Å²) in [7, 11) is 0. The Labute approximate surface area is 81.3 Å². The van der Waals surface area contributed by atoms with Gasteiger partial charge in [0, 0.05) is 0 Å². The second-order valence-electron chi connectivity index (χ2n) is 2.85. The maximum atomic E-state index is 10.0. The third kappa shape index (κ3) is 1.66. The molecule has 70 valence electrons. The van der Waals surface area contributed by atoms with E-state index in [1.54, 1.807) is 6.07 Å². The number of fused-ring (bicyclic) bond motifs is 1. The van der Waals surface area contributed by atoms with Crippen LogP contribution in [-0.2, 0) is 4.79 Å². The zero-order chi connectivity index (χ0) is 9.80. The molecule has 0 spiro atoms. The number of hydroxylamine groups is 1. The quantitative estimate of drug-likeness (QED) is 0.588. The average molecular weight is 187 g/mol. The van der Waals surface area contributed by atoms with Crippen molar-refractivity contribution in [2.45, 2.75) is 0 Å². The van der Waals surface area contributed by atoms with Crippen molar-refractivity contribution in [3.05, 3.63) is 42.5 Å². The fourth-order valence-electron chi connectivity index (χ4n) is 1.32. The molecule has 3 heteroatoms. The van der Waals surface area contributed by atoms with Gasteiger partial charge in [-0.25, -0.2) is 0 Å². The molecule has 2 aromatic rings. The third-order valence-electron chi connectivity index (χ3n) is 1.95. The van der Waals surface area contributed by atoms with Crippen LogP contribution >= 0.6 is 0 Å². The molecule has 1 amide bonds. The smallest absolute Gasteiger partial charge is 0.239 e. The van der Waals surface area contributed by atoms with Crippen LogP contribution in [0.1, 0.15) is 0 Å². The Morgan fingerprint density at radius 2 is 1.86 bits per heavy atom. The van der Waals surface area contributed by atoms with Crippen molar-refractivity contribution < 1.29 is 9.63 Å². The SMILES string of the molecule is O=CNOc1ccc2ccccc2c1. The number of hydrogen-bond acceptors (Lipinski definition) is 2. The van der Waals surface area contributed by atoms with Gasteiger partial charge in [0.05, 0.1) is 0 Å². The van der Waals surface area contributed by atoms with Crippen LogP contribution in [0.15, 0.2) is 42.5 Å². The molecule has 0 atom stereocenters. The molecule has 0 aromatic heterocycles. The Hall–Kier alpha value is -2.03. The van der Waals surface area contributed by atoms with E-state index in [1.165, 1.54) is 0 Å². The summed E-state index contributed by atoms with van der Waals surface area (Å²) in [6.07, 6.45) is 0.495. The van der Waals surface area contributed by atoms with Gasteiger partial charge in [-0.15, -0.1) is 0 Å². The molecule has 2 rings (SSSR count). The van der Waals surface area contributed by atoms with Gasteiger partial charge < -0.3 is 4.84 Å². The topological polar surface area (TPSA) is 38.3 Å². The Kier molecular flexibility index (Phi) is 2.32. The highest BCUT2D eigenvalue weighted by atomic mass is 16.6. The van der Waals surface area contributed by atoms with E-state index in [2.05, 4.69) is 5.48 Å². The van der Waals surface area contributed by atoms with E-state index < -0.39 is 0 Å². The first-order valence-corrected chi connectivity index (χ1v) is 4.25. The summed E-state index contributed by atoms with van der Waals surface area (Å²) in [6, 6.07) is 13.6. The lowest BCUT2D eigenvalue weighted by molar-refractivity contribution is -0.115. The van der Waals surface area contributed by atoms with Gasteiger partial charge >= 0.3 is 0 Å². The number of nitrogens with one attached hydrogen (secondary N) is 1. The molecule has 0 saturated carbocycles. The first-order chi connectivity index (χ1) is 6.90. The highest BCUT2D eigenvalue weighted by molar-refractivity contribution is 5.83. The second-order valence-corrected chi connectivity index (χ2v) is 2.85. The Balaban J connectivity index is 2.36. The minimum atomic E-state index is 0.495. The molecule has 3 nitrogen and oxygen atoms in total. The summed E-state index contributed by atoms with van der Waals surface area (Å²) < 4.78 is 0.